The van der Waals surface area contributed by atoms with Gasteiger partial charge < -0.3 is 4.74 Å². The maximum Gasteiger partial charge on any atom is 0.233 e. The van der Waals surface area contributed by atoms with E-state index < -0.39 is 0 Å². The molecule has 0 unspecified atom stereocenters. The second kappa shape index (κ2) is 3.65. The quantitative estimate of drug-likeness (QED) is 0.598. The van der Waals surface area contributed by atoms with Crippen molar-refractivity contribution in [3.63, 3.8) is 0 Å². The van der Waals surface area contributed by atoms with Crippen LogP contribution < -0.4 is 4.74 Å². The fourth-order valence-electron chi connectivity index (χ4n) is 0.618. The Morgan fingerprint density at radius 2 is 2.36 bits per heavy atom. The van der Waals surface area contributed by atoms with E-state index >= 15 is 0 Å². The van der Waals surface area contributed by atoms with Crippen molar-refractivity contribution in [2.24, 2.45) is 0 Å². The molecule has 4 nitrogen and oxygen atoms in total. The smallest absolute Gasteiger partial charge is 0.233 e. The molecule has 0 atom stereocenters. The summed E-state index contributed by atoms with van der Waals surface area (Å²) in [7, 11) is 0. The molecule has 0 amide bonds. The minimum atomic E-state index is 0.313. The van der Waals surface area contributed by atoms with E-state index in [1.807, 2.05) is 6.92 Å². The molecule has 1 rings (SSSR count). The van der Waals surface area contributed by atoms with Crippen LogP contribution in [0, 0.1) is 0 Å². The second-order valence-corrected chi connectivity index (χ2v) is 1.85. The van der Waals surface area contributed by atoms with Crippen LogP contribution in [0.5, 0.6) is 5.88 Å². The second-order valence-electron chi connectivity index (χ2n) is 1.85. The number of nitrogens with zero attached hydrogens (tertiary/aromatic N) is 2. The lowest BCUT2D eigenvalue weighted by molar-refractivity contribution is 0.111. The first kappa shape index (κ1) is 7.65. The van der Waals surface area contributed by atoms with E-state index in [1.165, 1.54) is 0 Å². The summed E-state index contributed by atoms with van der Waals surface area (Å²) in [6.07, 6.45) is 0.642. The van der Waals surface area contributed by atoms with Crippen LogP contribution in [0.2, 0.25) is 0 Å². The third-order valence-electron chi connectivity index (χ3n) is 1.07. The van der Waals surface area contributed by atoms with Crippen LogP contribution in [0.15, 0.2) is 12.1 Å². The van der Waals surface area contributed by atoms with Gasteiger partial charge in [-0.25, -0.2) is 0 Å². The largest absolute Gasteiger partial charge is 0.477 e. The van der Waals surface area contributed by atoms with Gasteiger partial charge in [0.15, 0.2) is 6.29 Å². The number of hydrogen-bond donors (Lipinski definition) is 0. The summed E-state index contributed by atoms with van der Waals surface area (Å²) in [5.41, 5.74) is 0.313. The van der Waals surface area contributed by atoms with Gasteiger partial charge in [-0.3, -0.25) is 4.79 Å². The first-order valence-electron chi connectivity index (χ1n) is 3.28. The Hall–Kier alpha value is -1.45. The van der Waals surface area contributed by atoms with E-state index in [9.17, 15) is 4.79 Å². The van der Waals surface area contributed by atoms with E-state index in [0.29, 0.717) is 24.5 Å². The molecule has 0 fully saturated rings. The van der Waals surface area contributed by atoms with E-state index in [4.69, 9.17) is 4.74 Å². The van der Waals surface area contributed by atoms with Gasteiger partial charge in [0.05, 0.1) is 6.61 Å². The lowest BCUT2D eigenvalue weighted by Gasteiger charge is -1.98. The predicted molar refractivity (Wildman–Crippen MR) is 38.6 cm³/mol. The molecular weight excluding hydrogens is 144 g/mol. The Balaban J connectivity index is 2.74. The molecule has 0 aliphatic carbocycles. The van der Waals surface area contributed by atoms with E-state index in [1.54, 1.807) is 12.1 Å². The summed E-state index contributed by atoms with van der Waals surface area (Å²) in [5.74, 6) is 0.443. The minimum Gasteiger partial charge on any atom is -0.477 e. The zero-order valence-electron chi connectivity index (χ0n) is 6.15. The Morgan fingerprint density at radius 1 is 1.55 bits per heavy atom. The maximum absolute atomic E-state index is 10.1. The number of hydrogen-bond acceptors (Lipinski definition) is 4. The van der Waals surface area contributed by atoms with Crippen molar-refractivity contribution in [2.75, 3.05) is 6.61 Å². The standard InChI is InChI=1S/C7H8N2O2/c1-2-11-7-4-3-6(5-10)8-9-7/h3-5H,2H2,1H3. The topological polar surface area (TPSA) is 52.1 Å². The van der Waals surface area contributed by atoms with Gasteiger partial charge in [0.1, 0.15) is 5.69 Å². The summed E-state index contributed by atoms with van der Waals surface area (Å²) in [6.45, 7) is 2.41. The molecule has 0 spiro atoms. The van der Waals surface area contributed by atoms with Crippen LogP contribution in [0.4, 0.5) is 0 Å². The number of carbonyl (C=O) groups excluding carboxylic acids is 1. The molecule has 11 heavy (non-hydrogen) atoms. The molecular formula is C7H8N2O2. The number of rotatable bonds is 3. The van der Waals surface area contributed by atoms with Crippen LogP contribution in [-0.2, 0) is 0 Å². The van der Waals surface area contributed by atoms with Crippen LogP contribution >= 0.6 is 0 Å². The van der Waals surface area contributed by atoms with Crippen LogP contribution in [0.3, 0.4) is 0 Å². The van der Waals surface area contributed by atoms with Gasteiger partial charge >= 0.3 is 0 Å². The Morgan fingerprint density at radius 3 is 2.82 bits per heavy atom. The summed E-state index contributed by atoms with van der Waals surface area (Å²) < 4.78 is 5.02. The van der Waals surface area contributed by atoms with Crippen molar-refractivity contribution in [2.45, 2.75) is 6.92 Å². The average Bonchev–Trinajstić information content (AvgIpc) is 2.07. The zero-order valence-corrected chi connectivity index (χ0v) is 6.15. The Bertz CT molecular complexity index is 233. The molecule has 0 saturated heterocycles. The molecule has 4 heteroatoms. The monoisotopic (exact) mass is 152 g/mol. The van der Waals surface area contributed by atoms with E-state index in [2.05, 4.69) is 10.2 Å². The van der Waals surface area contributed by atoms with E-state index in [-0.39, 0.29) is 0 Å². The Labute approximate surface area is 64.2 Å². The summed E-state index contributed by atoms with van der Waals surface area (Å²) >= 11 is 0. The molecule has 0 radical (unpaired) electrons. The summed E-state index contributed by atoms with van der Waals surface area (Å²) in [4.78, 5) is 10.1. The van der Waals surface area contributed by atoms with Crippen molar-refractivity contribution in [3.05, 3.63) is 17.8 Å². The van der Waals surface area contributed by atoms with Crippen LogP contribution in [0.1, 0.15) is 17.4 Å². The maximum atomic E-state index is 10.1. The van der Waals surface area contributed by atoms with Crippen molar-refractivity contribution in [3.8, 4) is 5.88 Å². The molecule has 1 aromatic rings. The first-order chi connectivity index (χ1) is 5.36. The predicted octanol–water partition coefficient (Wildman–Crippen LogP) is 0.688. The molecule has 58 valence electrons. The highest BCUT2D eigenvalue weighted by Gasteiger charge is 1.94. The average molecular weight is 152 g/mol. The first-order valence-corrected chi connectivity index (χ1v) is 3.28. The number of ether oxygens (including phenoxy) is 1. The number of aromatic nitrogens is 2. The molecule has 0 bridgehead atoms. The molecule has 0 saturated carbocycles. The lowest BCUT2D eigenvalue weighted by Crippen LogP contribution is -1.97. The molecule has 0 N–H and O–H groups in total. The SMILES string of the molecule is CCOc1ccc(C=O)nn1. The normalized spacial score (nSPS) is 9.18. The number of carbonyl (C=O) groups is 1. The van der Waals surface area contributed by atoms with E-state index in [0.717, 1.165) is 0 Å². The van der Waals surface area contributed by atoms with Gasteiger partial charge in [-0.2, -0.15) is 0 Å². The molecule has 0 aromatic carbocycles. The molecule has 1 aromatic heterocycles. The highest BCUT2D eigenvalue weighted by atomic mass is 16.5. The Kier molecular flexibility index (Phi) is 2.54. The van der Waals surface area contributed by atoms with Gasteiger partial charge in [-0.05, 0) is 13.0 Å². The lowest BCUT2D eigenvalue weighted by atomic mass is 10.4. The van der Waals surface area contributed by atoms with Gasteiger partial charge in [-0.15, -0.1) is 10.2 Å². The van der Waals surface area contributed by atoms with Crippen molar-refractivity contribution < 1.29 is 9.53 Å². The van der Waals surface area contributed by atoms with Gasteiger partial charge in [0.2, 0.25) is 5.88 Å². The van der Waals surface area contributed by atoms with Crippen molar-refractivity contribution in [1.82, 2.24) is 10.2 Å². The summed E-state index contributed by atoms with van der Waals surface area (Å²) in [6, 6.07) is 3.17. The molecule has 0 aliphatic heterocycles. The zero-order chi connectivity index (χ0) is 8.10. The third kappa shape index (κ3) is 2.00. The molecule has 0 aliphatic rings. The minimum absolute atomic E-state index is 0.313. The highest BCUT2D eigenvalue weighted by molar-refractivity contribution is 5.71. The van der Waals surface area contributed by atoms with Gasteiger partial charge in [-0.1, -0.05) is 0 Å². The van der Waals surface area contributed by atoms with Crippen molar-refractivity contribution in [1.29, 1.82) is 0 Å². The van der Waals surface area contributed by atoms with Crippen LogP contribution in [-0.4, -0.2) is 23.1 Å². The van der Waals surface area contributed by atoms with Gasteiger partial charge in [0.25, 0.3) is 0 Å². The van der Waals surface area contributed by atoms with Crippen molar-refractivity contribution >= 4 is 6.29 Å². The van der Waals surface area contributed by atoms with Crippen LogP contribution in [0.25, 0.3) is 0 Å². The molecule has 1 heterocycles. The fourth-order valence-corrected chi connectivity index (χ4v) is 0.618. The van der Waals surface area contributed by atoms with Gasteiger partial charge in [0, 0.05) is 6.07 Å². The number of aldehydes is 1. The summed E-state index contributed by atoms with van der Waals surface area (Å²) in [5, 5.41) is 7.21. The third-order valence-corrected chi connectivity index (χ3v) is 1.07. The fraction of sp³-hybridized carbons (Fsp3) is 0.286. The highest BCUT2D eigenvalue weighted by Crippen LogP contribution is 2.02.